The van der Waals surface area contributed by atoms with E-state index in [-0.39, 0.29) is 11.4 Å². The van der Waals surface area contributed by atoms with E-state index in [1.165, 1.54) is 0 Å². The molecular formula is C14H22N4O2. The van der Waals surface area contributed by atoms with Gasteiger partial charge in [-0.1, -0.05) is 6.92 Å². The van der Waals surface area contributed by atoms with Crippen molar-refractivity contribution in [2.24, 2.45) is 5.84 Å². The molecule has 0 spiro atoms. The second kappa shape index (κ2) is 6.19. The van der Waals surface area contributed by atoms with Gasteiger partial charge in [-0.2, -0.15) is 0 Å². The van der Waals surface area contributed by atoms with Gasteiger partial charge in [0.25, 0.3) is 5.91 Å². The third-order valence-corrected chi connectivity index (χ3v) is 3.50. The fraction of sp³-hybridized carbons (Fsp3) is 0.571. The molecule has 1 saturated heterocycles. The summed E-state index contributed by atoms with van der Waals surface area (Å²) >= 11 is 0. The van der Waals surface area contributed by atoms with Crippen LogP contribution in [0.5, 0.6) is 0 Å². The standard InChI is InChI=1S/C14H22N4O2/c1-3-11-7-10(8-12(16-11)18-15)13(19)17-14(2)5-4-6-20-9-14/h7-8H,3-6,9,15H2,1-2H3,(H,16,18)(H,17,19). The van der Waals surface area contributed by atoms with Gasteiger partial charge in [-0.25, -0.2) is 10.8 Å². The van der Waals surface area contributed by atoms with E-state index in [0.717, 1.165) is 31.6 Å². The number of ether oxygens (including phenoxy) is 1. The van der Waals surface area contributed by atoms with Crippen LogP contribution in [0.4, 0.5) is 5.82 Å². The van der Waals surface area contributed by atoms with Crippen molar-refractivity contribution >= 4 is 11.7 Å². The smallest absolute Gasteiger partial charge is 0.251 e. The Balaban J connectivity index is 2.15. The number of aryl methyl sites for hydroxylation is 1. The van der Waals surface area contributed by atoms with E-state index in [0.29, 0.717) is 18.0 Å². The lowest BCUT2D eigenvalue weighted by Gasteiger charge is -2.34. The molecule has 1 aromatic rings. The molecule has 0 saturated carbocycles. The largest absolute Gasteiger partial charge is 0.379 e. The van der Waals surface area contributed by atoms with Crippen molar-refractivity contribution < 1.29 is 9.53 Å². The minimum absolute atomic E-state index is 0.119. The first-order valence-corrected chi connectivity index (χ1v) is 6.94. The fourth-order valence-corrected chi connectivity index (χ4v) is 2.35. The average Bonchev–Trinajstić information content (AvgIpc) is 2.46. The predicted molar refractivity (Wildman–Crippen MR) is 77.3 cm³/mol. The Morgan fingerprint density at radius 1 is 1.55 bits per heavy atom. The number of nitrogen functional groups attached to an aromatic ring is 1. The number of amides is 1. The molecule has 1 fully saturated rings. The number of nitrogens with one attached hydrogen (secondary N) is 2. The lowest BCUT2D eigenvalue weighted by atomic mass is 9.94. The van der Waals surface area contributed by atoms with Crippen molar-refractivity contribution in [3.05, 3.63) is 23.4 Å². The Kier molecular flexibility index (Phi) is 4.57. The van der Waals surface area contributed by atoms with Crippen LogP contribution < -0.4 is 16.6 Å². The minimum atomic E-state index is -0.304. The maximum Gasteiger partial charge on any atom is 0.251 e. The second-order valence-corrected chi connectivity index (χ2v) is 5.40. The first-order valence-electron chi connectivity index (χ1n) is 6.94. The molecule has 4 N–H and O–H groups in total. The predicted octanol–water partition coefficient (Wildman–Crippen LogP) is 1.23. The zero-order valence-corrected chi connectivity index (χ0v) is 12.0. The van der Waals surface area contributed by atoms with Gasteiger partial charge in [-0.15, -0.1) is 0 Å². The van der Waals surface area contributed by atoms with Crippen LogP contribution in [-0.4, -0.2) is 29.6 Å². The third-order valence-electron chi connectivity index (χ3n) is 3.50. The second-order valence-electron chi connectivity index (χ2n) is 5.40. The summed E-state index contributed by atoms with van der Waals surface area (Å²) in [4.78, 5) is 16.7. The molecule has 1 aliphatic rings. The molecule has 0 aromatic carbocycles. The van der Waals surface area contributed by atoms with Crippen LogP contribution in [-0.2, 0) is 11.2 Å². The maximum absolute atomic E-state index is 12.4. The summed E-state index contributed by atoms with van der Waals surface area (Å²) in [6, 6.07) is 3.45. The highest BCUT2D eigenvalue weighted by atomic mass is 16.5. The van der Waals surface area contributed by atoms with Crippen LogP contribution in [0.1, 0.15) is 42.7 Å². The number of rotatable bonds is 4. The summed E-state index contributed by atoms with van der Waals surface area (Å²) in [6.45, 7) is 5.31. The number of carbonyl (C=O) groups is 1. The summed E-state index contributed by atoms with van der Waals surface area (Å²) in [5.74, 6) is 5.77. The summed E-state index contributed by atoms with van der Waals surface area (Å²) in [5.41, 5.74) is 3.59. The van der Waals surface area contributed by atoms with E-state index >= 15 is 0 Å². The van der Waals surface area contributed by atoms with E-state index < -0.39 is 0 Å². The number of carbonyl (C=O) groups excluding carboxylic acids is 1. The molecule has 1 unspecified atom stereocenters. The molecule has 1 aromatic heterocycles. The zero-order chi connectivity index (χ0) is 14.6. The Labute approximate surface area is 119 Å². The van der Waals surface area contributed by atoms with Gasteiger partial charge in [0.1, 0.15) is 5.82 Å². The van der Waals surface area contributed by atoms with Gasteiger partial charge in [0.15, 0.2) is 0 Å². The normalized spacial score (nSPS) is 22.4. The maximum atomic E-state index is 12.4. The summed E-state index contributed by atoms with van der Waals surface area (Å²) < 4.78 is 5.45. The Morgan fingerprint density at radius 2 is 2.35 bits per heavy atom. The number of anilines is 1. The summed E-state index contributed by atoms with van der Waals surface area (Å²) in [5, 5.41) is 3.05. The molecule has 6 heteroatoms. The van der Waals surface area contributed by atoms with E-state index in [2.05, 4.69) is 15.7 Å². The van der Waals surface area contributed by atoms with E-state index in [9.17, 15) is 4.79 Å². The van der Waals surface area contributed by atoms with Crippen molar-refractivity contribution in [1.82, 2.24) is 10.3 Å². The van der Waals surface area contributed by atoms with Crippen LogP contribution in [0.3, 0.4) is 0 Å². The zero-order valence-electron chi connectivity index (χ0n) is 12.0. The van der Waals surface area contributed by atoms with E-state index in [1.807, 2.05) is 13.8 Å². The molecule has 0 aliphatic carbocycles. The van der Waals surface area contributed by atoms with Gasteiger partial charge in [-0.3, -0.25) is 4.79 Å². The van der Waals surface area contributed by atoms with Crippen LogP contribution in [0.2, 0.25) is 0 Å². The Bertz CT molecular complexity index is 462. The topological polar surface area (TPSA) is 89.3 Å². The van der Waals surface area contributed by atoms with E-state index in [1.54, 1.807) is 12.1 Å². The minimum Gasteiger partial charge on any atom is -0.379 e. The summed E-state index contributed by atoms with van der Waals surface area (Å²) in [7, 11) is 0. The number of hydrogen-bond donors (Lipinski definition) is 3. The first kappa shape index (κ1) is 14.7. The van der Waals surface area contributed by atoms with Crippen molar-refractivity contribution in [1.29, 1.82) is 0 Å². The Morgan fingerprint density at radius 3 is 2.95 bits per heavy atom. The summed E-state index contributed by atoms with van der Waals surface area (Å²) in [6.07, 6.45) is 2.63. The van der Waals surface area contributed by atoms with Gasteiger partial charge in [0.2, 0.25) is 0 Å². The molecule has 2 heterocycles. The van der Waals surface area contributed by atoms with Crippen molar-refractivity contribution in [2.75, 3.05) is 18.6 Å². The molecule has 1 aliphatic heterocycles. The highest BCUT2D eigenvalue weighted by Gasteiger charge is 2.29. The number of hydrogen-bond acceptors (Lipinski definition) is 5. The fourth-order valence-electron chi connectivity index (χ4n) is 2.35. The molecular weight excluding hydrogens is 256 g/mol. The molecule has 110 valence electrons. The molecule has 0 bridgehead atoms. The SMILES string of the molecule is CCc1cc(C(=O)NC2(C)CCCOC2)cc(NN)n1. The van der Waals surface area contributed by atoms with E-state index in [4.69, 9.17) is 10.6 Å². The van der Waals surface area contributed by atoms with Gasteiger partial charge in [0, 0.05) is 17.9 Å². The molecule has 6 nitrogen and oxygen atoms in total. The van der Waals surface area contributed by atoms with Crippen LogP contribution in [0.15, 0.2) is 12.1 Å². The quantitative estimate of drug-likeness (QED) is 0.569. The molecule has 20 heavy (non-hydrogen) atoms. The van der Waals surface area contributed by atoms with Crippen molar-refractivity contribution in [3.8, 4) is 0 Å². The van der Waals surface area contributed by atoms with Gasteiger partial charge < -0.3 is 15.5 Å². The number of pyridine rings is 1. The van der Waals surface area contributed by atoms with Crippen molar-refractivity contribution in [3.63, 3.8) is 0 Å². The highest BCUT2D eigenvalue weighted by molar-refractivity contribution is 5.95. The lowest BCUT2D eigenvalue weighted by Crippen LogP contribution is -2.51. The molecule has 2 rings (SSSR count). The third kappa shape index (κ3) is 3.46. The van der Waals surface area contributed by atoms with Gasteiger partial charge >= 0.3 is 0 Å². The number of hydrazine groups is 1. The number of nitrogens with two attached hydrogens (primary N) is 1. The van der Waals surface area contributed by atoms with Crippen LogP contribution in [0.25, 0.3) is 0 Å². The van der Waals surface area contributed by atoms with Crippen molar-refractivity contribution in [2.45, 2.75) is 38.6 Å². The highest BCUT2D eigenvalue weighted by Crippen LogP contribution is 2.19. The number of nitrogens with zero attached hydrogens (tertiary/aromatic N) is 1. The van der Waals surface area contributed by atoms with Crippen LogP contribution in [0, 0.1) is 0 Å². The average molecular weight is 278 g/mol. The lowest BCUT2D eigenvalue weighted by molar-refractivity contribution is 0.0272. The number of aromatic nitrogens is 1. The Hall–Kier alpha value is -1.66. The van der Waals surface area contributed by atoms with Gasteiger partial charge in [-0.05, 0) is 38.3 Å². The molecule has 0 radical (unpaired) electrons. The first-order chi connectivity index (χ1) is 9.56. The van der Waals surface area contributed by atoms with Crippen LogP contribution >= 0.6 is 0 Å². The molecule has 1 atom stereocenters. The monoisotopic (exact) mass is 278 g/mol. The molecule has 1 amide bonds. The van der Waals surface area contributed by atoms with Gasteiger partial charge in [0.05, 0.1) is 12.1 Å².